The molecule has 0 aliphatic rings. The number of anilines is 1. The highest BCUT2D eigenvalue weighted by Crippen LogP contribution is 2.22. The number of primary amides is 1. The van der Waals surface area contributed by atoms with Gasteiger partial charge >= 0.3 is 0 Å². The number of rotatable bonds is 7. The first-order valence-electron chi connectivity index (χ1n) is 6.44. The summed E-state index contributed by atoms with van der Waals surface area (Å²) in [4.78, 5) is 15.1. The lowest BCUT2D eigenvalue weighted by Gasteiger charge is -2.08. The normalized spacial score (nSPS) is 11.7. The highest BCUT2D eigenvalue weighted by Gasteiger charge is 2.25. The Labute approximate surface area is 122 Å². The van der Waals surface area contributed by atoms with Crippen molar-refractivity contribution < 1.29 is 13.2 Å². The first-order chi connectivity index (χ1) is 9.95. The zero-order valence-electron chi connectivity index (χ0n) is 11.5. The van der Waals surface area contributed by atoms with Gasteiger partial charge in [0.2, 0.25) is 5.91 Å². The van der Waals surface area contributed by atoms with Gasteiger partial charge in [-0.3, -0.25) is 9.20 Å². The number of hydrogen-bond donors (Lipinski definition) is 3. The van der Waals surface area contributed by atoms with Crippen molar-refractivity contribution >= 4 is 27.4 Å². The van der Waals surface area contributed by atoms with Gasteiger partial charge in [-0.2, -0.15) is 0 Å². The monoisotopic (exact) mass is 311 g/mol. The van der Waals surface area contributed by atoms with Crippen LogP contribution < -0.4 is 15.8 Å². The summed E-state index contributed by atoms with van der Waals surface area (Å²) in [6.45, 7) is 2.08. The molecule has 0 saturated heterocycles. The highest BCUT2D eigenvalue weighted by molar-refractivity contribution is 7.89. The van der Waals surface area contributed by atoms with E-state index in [1.165, 1.54) is 4.40 Å². The lowest BCUT2D eigenvalue weighted by Crippen LogP contribution is -2.34. The van der Waals surface area contributed by atoms with Crippen molar-refractivity contribution in [2.24, 2.45) is 5.73 Å². The first kappa shape index (κ1) is 15.3. The molecular weight excluding hydrogens is 294 g/mol. The third-order valence-electron chi connectivity index (χ3n) is 2.72. The third kappa shape index (κ3) is 3.31. The van der Waals surface area contributed by atoms with E-state index in [0.717, 1.165) is 6.42 Å². The fraction of sp³-hybridized carbons (Fsp3) is 0.333. The molecule has 0 atom stereocenters. The Hall–Kier alpha value is -2.13. The molecule has 8 nitrogen and oxygen atoms in total. The Morgan fingerprint density at radius 2 is 2.19 bits per heavy atom. The Morgan fingerprint density at radius 1 is 1.43 bits per heavy atom. The number of sulfonamides is 1. The van der Waals surface area contributed by atoms with Gasteiger partial charge in [0, 0.05) is 12.7 Å². The van der Waals surface area contributed by atoms with Crippen molar-refractivity contribution in [2.45, 2.75) is 18.4 Å². The molecule has 21 heavy (non-hydrogen) atoms. The number of carbonyl (C=O) groups is 1. The van der Waals surface area contributed by atoms with Gasteiger partial charge < -0.3 is 11.1 Å². The molecule has 0 unspecified atom stereocenters. The number of nitrogens with two attached hydrogens (primary N) is 1. The molecule has 0 spiro atoms. The van der Waals surface area contributed by atoms with Crippen molar-refractivity contribution in [1.29, 1.82) is 0 Å². The van der Waals surface area contributed by atoms with E-state index in [-0.39, 0.29) is 10.8 Å². The average Bonchev–Trinajstić information content (AvgIpc) is 2.82. The number of pyridine rings is 1. The van der Waals surface area contributed by atoms with Gasteiger partial charge in [-0.25, -0.2) is 18.1 Å². The molecule has 2 aromatic rings. The first-order valence-corrected chi connectivity index (χ1v) is 7.93. The molecule has 4 N–H and O–H groups in total. The molecule has 2 rings (SSSR count). The van der Waals surface area contributed by atoms with Gasteiger partial charge in [-0.15, -0.1) is 0 Å². The number of amides is 1. The minimum Gasteiger partial charge on any atom is -0.369 e. The maximum Gasteiger partial charge on any atom is 0.260 e. The van der Waals surface area contributed by atoms with Crippen LogP contribution in [0.4, 0.5) is 5.82 Å². The maximum absolute atomic E-state index is 12.4. The predicted octanol–water partition coefficient (Wildman–Crippen LogP) is -0.0802. The molecule has 0 bridgehead atoms. The van der Waals surface area contributed by atoms with E-state index in [2.05, 4.69) is 15.0 Å². The van der Waals surface area contributed by atoms with Crippen LogP contribution in [0.2, 0.25) is 0 Å². The van der Waals surface area contributed by atoms with Gasteiger partial charge in [0.15, 0.2) is 10.8 Å². The van der Waals surface area contributed by atoms with Crippen LogP contribution in [0.15, 0.2) is 29.4 Å². The number of nitrogens with one attached hydrogen (secondary N) is 2. The van der Waals surface area contributed by atoms with Gasteiger partial charge in [-0.05, 0) is 18.6 Å². The molecule has 2 aromatic heterocycles. The minimum atomic E-state index is -3.91. The number of imidazole rings is 1. The molecule has 0 saturated carbocycles. The van der Waals surface area contributed by atoms with Crippen LogP contribution in [-0.2, 0) is 14.8 Å². The minimum absolute atomic E-state index is 0.0344. The predicted molar refractivity (Wildman–Crippen MR) is 78.4 cm³/mol. The summed E-state index contributed by atoms with van der Waals surface area (Å²) in [5, 5.41) is 2.94. The van der Waals surface area contributed by atoms with Crippen molar-refractivity contribution in [2.75, 3.05) is 18.4 Å². The smallest absolute Gasteiger partial charge is 0.260 e. The molecule has 1 amide bonds. The van der Waals surface area contributed by atoms with Crippen molar-refractivity contribution in [3.8, 4) is 0 Å². The van der Waals surface area contributed by atoms with Gasteiger partial charge in [0.25, 0.3) is 10.0 Å². The maximum atomic E-state index is 12.4. The van der Waals surface area contributed by atoms with Crippen LogP contribution in [0.3, 0.4) is 0 Å². The molecule has 0 radical (unpaired) electrons. The topological polar surface area (TPSA) is 119 Å². The molecular formula is C12H17N5O3S. The Balaban J connectivity index is 2.51. The third-order valence-corrected chi connectivity index (χ3v) is 4.14. The second-order valence-corrected chi connectivity index (χ2v) is 6.09. The molecule has 0 aliphatic carbocycles. The Morgan fingerprint density at radius 3 is 2.86 bits per heavy atom. The van der Waals surface area contributed by atoms with Crippen molar-refractivity contribution in [3.05, 3.63) is 24.4 Å². The lowest BCUT2D eigenvalue weighted by atomic mass is 10.5. The quantitative estimate of drug-likeness (QED) is 0.661. The van der Waals surface area contributed by atoms with Crippen LogP contribution in [0.1, 0.15) is 13.3 Å². The van der Waals surface area contributed by atoms with E-state index in [1.54, 1.807) is 24.4 Å². The zero-order chi connectivity index (χ0) is 15.5. The number of carbonyl (C=O) groups excluding carboxylic acids is 1. The molecule has 0 aliphatic heterocycles. The number of aromatic nitrogens is 2. The molecule has 0 fully saturated rings. The van der Waals surface area contributed by atoms with E-state index in [0.29, 0.717) is 12.2 Å². The number of nitrogens with zero attached hydrogens (tertiary/aromatic N) is 2. The largest absolute Gasteiger partial charge is 0.369 e. The molecule has 0 aromatic carbocycles. The number of fused-ring (bicyclic) bond motifs is 1. The van der Waals surface area contributed by atoms with Crippen LogP contribution in [-0.4, -0.2) is 36.8 Å². The Bertz CT molecular complexity index is 753. The van der Waals surface area contributed by atoms with Crippen LogP contribution >= 0.6 is 0 Å². The highest BCUT2D eigenvalue weighted by atomic mass is 32.2. The average molecular weight is 311 g/mol. The van der Waals surface area contributed by atoms with Crippen molar-refractivity contribution in [3.63, 3.8) is 0 Å². The van der Waals surface area contributed by atoms with Crippen molar-refractivity contribution in [1.82, 2.24) is 14.1 Å². The SMILES string of the molecule is CCCNc1nc2ccccn2c1S(=O)(=O)NCC(N)=O. The summed E-state index contributed by atoms with van der Waals surface area (Å²) in [6.07, 6.45) is 2.42. The van der Waals surface area contributed by atoms with Gasteiger partial charge in [-0.1, -0.05) is 13.0 Å². The lowest BCUT2D eigenvalue weighted by molar-refractivity contribution is -0.116. The summed E-state index contributed by atoms with van der Waals surface area (Å²) in [5.41, 5.74) is 5.48. The van der Waals surface area contributed by atoms with E-state index >= 15 is 0 Å². The molecule has 9 heteroatoms. The second kappa shape index (κ2) is 6.10. The second-order valence-electron chi connectivity index (χ2n) is 4.41. The number of hydrogen-bond acceptors (Lipinski definition) is 5. The zero-order valence-corrected chi connectivity index (χ0v) is 12.4. The van der Waals surface area contributed by atoms with E-state index < -0.39 is 22.5 Å². The van der Waals surface area contributed by atoms with Crippen LogP contribution in [0.5, 0.6) is 0 Å². The summed E-state index contributed by atoms with van der Waals surface area (Å²) in [6, 6.07) is 5.16. The van der Waals surface area contributed by atoms with Crippen LogP contribution in [0, 0.1) is 0 Å². The molecule has 2 heterocycles. The standard InChI is InChI=1S/C12H17N5O3S/c1-2-6-14-11-12(21(19,20)15-8-9(13)18)17-7-4-3-5-10(17)16-11/h3-5,7,14-15H,2,6,8H2,1H3,(H2,13,18). The summed E-state index contributed by atoms with van der Waals surface area (Å²) in [7, 11) is -3.91. The van der Waals surface area contributed by atoms with Gasteiger partial charge in [0.05, 0.1) is 6.54 Å². The fourth-order valence-electron chi connectivity index (χ4n) is 1.82. The summed E-state index contributed by atoms with van der Waals surface area (Å²) >= 11 is 0. The van der Waals surface area contributed by atoms with Crippen LogP contribution in [0.25, 0.3) is 5.65 Å². The van der Waals surface area contributed by atoms with E-state index in [1.807, 2.05) is 6.92 Å². The summed E-state index contributed by atoms with van der Waals surface area (Å²) < 4.78 is 28.4. The molecule has 114 valence electrons. The van der Waals surface area contributed by atoms with E-state index in [4.69, 9.17) is 5.73 Å². The van der Waals surface area contributed by atoms with Gasteiger partial charge in [0.1, 0.15) is 5.65 Å². The van der Waals surface area contributed by atoms with E-state index in [9.17, 15) is 13.2 Å². The summed E-state index contributed by atoms with van der Waals surface area (Å²) in [5.74, 6) is -0.504. The Kier molecular flexibility index (Phi) is 4.43. The fourth-order valence-corrected chi connectivity index (χ4v) is 3.08.